The van der Waals surface area contributed by atoms with E-state index in [1.165, 1.54) is 11.5 Å². The maximum atomic E-state index is 9.09. The Hall–Kier alpha value is -1.80. The second kappa shape index (κ2) is 4.83. The molecule has 0 aliphatic rings. The first-order valence-corrected chi connectivity index (χ1v) is 6.50. The van der Waals surface area contributed by atoms with E-state index < -0.39 is 0 Å². The van der Waals surface area contributed by atoms with Crippen molar-refractivity contribution in [1.29, 1.82) is 5.26 Å². The third kappa shape index (κ3) is 2.24. The van der Waals surface area contributed by atoms with Crippen LogP contribution in [0.3, 0.4) is 0 Å². The summed E-state index contributed by atoms with van der Waals surface area (Å²) in [7, 11) is 0. The molecule has 0 spiro atoms. The predicted molar refractivity (Wildman–Crippen MR) is 71.8 cm³/mol. The average molecular weight is 261 g/mol. The van der Waals surface area contributed by atoms with E-state index in [0.717, 1.165) is 27.8 Å². The topological polar surface area (TPSA) is 61.9 Å². The van der Waals surface area contributed by atoms with Crippen molar-refractivity contribution in [2.24, 2.45) is 0 Å². The van der Waals surface area contributed by atoms with Crippen LogP contribution in [0.15, 0.2) is 10.5 Å². The molecular formula is C13H15N3OS. The van der Waals surface area contributed by atoms with Crippen LogP contribution in [0.25, 0.3) is 0 Å². The molecule has 0 bridgehead atoms. The number of anilines is 1. The van der Waals surface area contributed by atoms with Crippen LogP contribution in [0.1, 0.15) is 41.3 Å². The lowest BCUT2D eigenvalue weighted by Gasteiger charge is -2.12. The number of nitrogens with one attached hydrogen (secondary N) is 1. The smallest absolute Gasteiger partial charge is 0.128 e. The maximum absolute atomic E-state index is 9.09. The van der Waals surface area contributed by atoms with Crippen LogP contribution in [0, 0.1) is 32.1 Å². The van der Waals surface area contributed by atoms with E-state index in [2.05, 4.69) is 15.8 Å². The first kappa shape index (κ1) is 12.7. The van der Waals surface area contributed by atoms with Crippen molar-refractivity contribution < 1.29 is 4.42 Å². The van der Waals surface area contributed by atoms with Gasteiger partial charge in [-0.05, 0) is 45.3 Å². The summed E-state index contributed by atoms with van der Waals surface area (Å²) in [4.78, 5) is 0. The zero-order valence-electron chi connectivity index (χ0n) is 10.9. The number of nitriles is 1. The van der Waals surface area contributed by atoms with Gasteiger partial charge in [0.1, 0.15) is 28.2 Å². The summed E-state index contributed by atoms with van der Waals surface area (Å²) in [6.07, 6.45) is 0. The zero-order chi connectivity index (χ0) is 13.3. The normalized spacial score (nSPS) is 12.2. The second-order valence-corrected chi connectivity index (χ2v) is 5.09. The molecule has 2 aromatic heterocycles. The lowest BCUT2D eigenvalue weighted by Crippen LogP contribution is -2.06. The minimum absolute atomic E-state index is 0.0920. The lowest BCUT2D eigenvalue weighted by atomic mass is 10.1. The molecule has 2 heterocycles. The molecule has 0 saturated carbocycles. The fourth-order valence-electron chi connectivity index (χ4n) is 1.95. The Morgan fingerprint density at radius 1 is 1.44 bits per heavy atom. The molecule has 0 aliphatic carbocycles. The molecule has 0 aromatic carbocycles. The van der Waals surface area contributed by atoms with Gasteiger partial charge in [-0.2, -0.15) is 9.64 Å². The van der Waals surface area contributed by atoms with Crippen molar-refractivity contribution in [1.82, 2.24) is 4.37 Å². The van der Waals surface area contributed by atoms with Gasteiger partial charge >= 0.3 is 0 Å². The quantitative estimate of drug-likeness (QED) is 0.915. The Morgan fingerprint density at radius 3 is 2.72 bits per heavy atom. The number of nitrogens with zero attached hydrogens (tertiary/aromatic N) is 2. The van der Waals surface area contributed by atoms with Gasteiger partial charge in [0.2, 0.25) is 0 Å². The van der Waals surface area contributed by atoms with Gasteiger partial charge in [0, 0.05) is 5.56 Å². The fraction of sp³-hybridized carbons (Fsp3) is 0.385. The third-order valence-electron chi connectivity index (χ3n) is 2.87. The Balaban J connectivity index is 2.24. The van der Waals surface area contributed by atoms with Gasteiger partial charge in [0.25, 0.3) is 0 Å². The first-order chi connectivity index (χ1) is 8.52. The van der Waals surface area contributed by atoms with Gasteiger partial charge in [-0.1, -0.05) is 0 Å². The van der Waals surface area contributed by atoms with E-state index in [9.17, 15) is 0 Å². The molecule has 18 heavy (non-hydrogen) atoms. The predicted octanol–water partition coefficient (Wildman–Crippen LogP) is 3.71. The van der Waals surface area contributed by atoms with Gasteiger partial charge < -0.3 is 9.73 Å². The highest BCUT2D eigenvalue weighted by atomic mass is 32.1. The van der Waals surface area contributed by atoms with Crippen LogP contribution in [0.4, 0.5) is 5.00 Å². The molecule has 1 unspecified atom stereocenters. The van der Waals surface area contributed by atoms with Crippen molar-refractivity contribution >= 4 is 16.5 Å². The number of furan rings is 1. The first-order valence-electron chi connectivity index (χ1n) is 5.72. The summed E-state index contributed by atoms with van der Waals surface area (Å²) >= 11 is 1.32. The minimum atomic E-state index is 0.0920. The molecule has 0 radical (unpaired) electrons. The summed E-state index contributed by atoms with van der Waals surface area (Å²) in [6.45, 7) is 7.77. The van der Waals surface area contributed by atoms with Crippen molar-refractivity contribution in [3.05, 3.63) is 34.4 Å². The van der Waals surface area contributed by atoms with Gasteiger partial charge in [-0.25, -0.2) is 0 Å². The molecule has 1 N–H and O–H groups in total. The Kier molecular flexibility index (Phi) is 3.39. The zero-order valence-corrected chi connectivity index (χ0v) is 11.7. The lowest BCUT2D eigenvalue weighted by molar-refractivity contribution is 0.500. The van der Waals surface area contributed by atoms with E-state index in [1.807, 2.05) is 33.8 Å². The van der Waals surface area contributed by atoms with Crippen LogP contribution in [-0.4, -0.2) is 4.37 Å². The highest BCUT2D eigenvalue weighted by Crippen LogP contribution is 2.30. The molecule has 0 fully saturated rings. The maximum Gasteiger partial charge on any atom is 0.128 e. The van der Waals surface area contributed by atoms with Crippen molar-refractivity contribution in [3.8, 4) is 6.07 Å². The summed E-state index contributed by atoms with van der Waals surface area (Å²) < 4.78 is 9.71. The van der Waals surface area contributed by atoms with Crippen molar-refractivity contribution in [3.63, 3.8) is 0 Å². The summed E-state index contributed by atoms with van der Waals surface area (Å²) in [5.41, 5.74) is 2.52. The van der Waals surface area contributed by atoms with E-state index in [0.29, 0.717) is 5.56 Å². The van der Waals surface area contributed by atoms with Crippen LogP contribution < -0.4 is 5.32 Å². The average Bonchev–Trinajstić information content (AvgIpc) is 2.82. The number of hydrogen-bond donors (Lipinski definition) is 1. The Bertz CT molecular complexity index is 606. The molecule has 4 nitrogen and oxygen atoms in total. The molecule has 2 aromatic rings. The van der Waals surface area contributed by atoms with E-state index >= 15 is 0 Å². The van der Waals surface area contributed by atoms with E-state index in [-0.39, 0.29) is 6.04 Å². The molecule has 0 aliphatic heterocycles. The van der Waals surface area contributed by atoms with Gasteiger partial charge in [-0.15, -0.1) is 0 Å². The summed E-state index contributed by atoms with van der Waals surface area (Å²) in [5, 5.41) is 13.2. The number of rotatable bonds is 3. The highest BCUT2D eigenvalue weighted by molar-refractivity contribution is 7.10. The van der Waals surface area contributed by atoms with Crippen molar-refractivity contribution in [2.75, 3.05) is 5.32 Å². The summed E-state index contributed by atoms with van der Waals surface area (Å²) in [5.74, 6) is 1.81. The molecule has 5 heteroatoms. The van der Waals surface area contributed by atoms with Crippen LogP contribution >= 0.6 is 11.5 Å². The Morgan fingerprint density at radius 2 is 2.17 bits per heavy atom. The van der Waals surface area contributed by atoms with Gasteiger partial charge in [-0.3, -0.25) is 0 Å². The number of aromatic nitrogens is 1. The fourth-order valence-corrected chi connectivity index (χ4v) is 2.79. The van der Waals surface area contributed by atoms with Crippen molar-refractivity contribution in [2.45, 2.75) is 33.7 Å². The van der Waals surface area contributed by atoms with Gasteiger partial charge in [0.15, 0.2) is 0 Å². The molecule has 0 saturated heterocycles. The monoisotopic (exact) mass is 261 g/mol. The SMILES string of the molecule is Cc1cc(C(C)Nc2snc(C)c2C#N)c(C)o1. The van der Waals surface area contributed by atoms with Gasteiger partial charge in [0.05, 0.1) is 11.7 Å². The molecule has 2 rings (SSSR count). The second-order valence-electron chi connectivity index (χ2n) is 4.32. The van der Waals surface area contributed by atoms with Crippen LogP contribution in [0.5, 0.6) is 0 Å². The Labute approximate surface area is 110 Å². The molecule has 0 amide bonds. The summed E-state index contributed by atoms with van der Waals surface area (Å²) in [6, 6.07) is 4.30. The number of hydrogen-bond acceptors (Lipinski definition) is 5. The standard InChI is InChI=1S/C13H15N3OS/c1-7-5-11(10(4)17-7)8(2)15-13-12(6-14)9(3)16-18-13/h5,8,15H,1-4H3. The van der Waals surface area contributed by atoms with E-state index in [1.54, 1.807) is 0 Å². The molecular weight excluding hydrogens is 246 g/mol. The van der Waals surface area contributed by atoms with Crippen LogP contribution in [0.2, 0.25) is 0 Å². The minimum Gasteiger partial charge on any atom is -0.466 e. The largest absolute Gasteiger partial charge is 0.466 e. The molecule has 1 atom stereocenters. The van der Waals surface area contributed by atoms with Crippen LogP contribution in [-0.2, 0) is 0 Å². The number of aryl methyl sites for hydroxylation is 3. The molecule has 94 valence electrons. The van der Waals surface area contributed by atoms with E-state index in [4.69, 9.17) is 9.68 Å². The third-order valence-corrected chi connectivity index (χ3v) is 3.74. The highest BCUT2D eigenvalue weighted by Gasteiger charge is 2.16.